The summed E-state index contributed by atoms with van der Waals surface area (Å²) < 4.78 is 0. The molecule has 0 aromatic rings. The Kier molecular flexibility index (Phi) is 6.85. The third-order valence-electron chi connectivity index (χ3n) is 8.79. The minimum Gasteiger partial charge on any atom is -0.0654 e. The monoisotopic (exact) mass is 322 g/mol. The highest BCUT2D eigenvalue weighted by atomic mass is 14.6. The Morgan fingerprint density at radius 3 is 1.78 bits per heavy atom. The highest BCUT2D eigenvalue weighted by Gasteiger charge is 2.59. The molecule has 1 saturated carbocycles. The molecule has 5 atom stereocenters. The highest BCUT2D eigenvalue weighted by molar-refractivity contribution is 5.08. The molecule has 138 valence electrons. The average Bonchev–Trinajstić information content (AvgIpc) is 2.48. The molecule has 0 radical (unpaired) electrons. The smallest absolute Gasteiger partial charge is 0.0261 e. The van der Waals surface area contributed by atoms with Crippen LogP contribution in [-0.2, 0) is 0 Å². The lowest BCUT2D eigenvalue weighted by Crippen LogP contribution is -2.58. The van der Waals surface area contributed by atoms with E-state index in [0.717, 1.165) is 23.7 Å². The lowest BCUT2D eigenvalue weighted by Gasteiger charge is -2.65. The Balaban J connectivity index is 3.36. The lowest BCUT2D eigenvalue weighted by atomic mass is 9.40. The van der Waals surface area contributed by atoms with Crippen LogP contribution >= 0.6 is 0 Å². The largest absolute Gasteiger partial charge is 0.0654 e. The molecule has 1 fully saturated rings. The Morgan fingerprint density at radius 2 is 1.35 bits per heavy atom. The van der Waals surface area contributed by atoms with Crippen molar-refractivity contribution in [2.75, 3.05) is 0 Å². The maximum Gasteiger partial charge on any atom is -0.0261 e. The van der Waals surface area contributed by atoms with Crippen molar-refractivity contribution in [2.24, 2.45) is 39.9 Å². The van der Waals surface area contributed by atoms with Crippen molar-refractivity contribution in [1.82, 2.24) is 0 Å². The second kappa shape index (κ2) is 7.49. The van der Waals surface area contributed by atoms with E-state index in [-0.39, 0.29) is 0 Å². The van der Waals surface area contributed by atoms with Crippen LogP contribution in [-0.4, -0.2) is 0 Å². The minimum absolute atomic E-state index is 0.414. The van der Waals surface area contributed by atoms with Gasteiger partial charge in [0.2, 0.25) is 0 Å². The fourth-order valence-electron chi connectivity index (χ4n) is 6.03. The maximum absolute atomic E-state index is 2.66. The van der Waals surface area contributed by atoms with Crippen molar-refractivity contribution in [3.63, 3.8) is 0 Å². The molecule has 1 aliphatic carbocycles. The van der Waals surface area contributed by atoms with Gasteiger partial charge in [-0.05, 0) is 52.8 Å². The molecule has 0 aromatic heterocycles. The van der Waals surface area contributed by atoms with E-state index < -0.39 is 0 Å². The van der Waals surface area contributed by atoms with Crippen molar-refractivity contribution < 1.29 is 0 Å². The van der Waals surface area contributed by atoms with Gasteiger partial charge in [-0.3, -0.25) is 0 Å². The first-order valence-corrected chi connectivity index (χ1v) is 10.5. The molecule has 23 heavy (non-hydrogen) atoms. The van der Waals surface area contributed by atoms with Gasteiger partial charge in [-0.25, -0.2) is 0 Å². The van der Waals surface area contributed by atoms with E-state index in [1.54, 1.807) is 0 Å². The number of hydrogen-bond acceptors (Lipinski definition) is 0. The van der Waals surface area contributed by atoms with Gasteiger partial charge in [-0.2, -0.15) is 0 Å². The topological polar surface area (TPSA) is 0 Å². The molecule has 0 saturated heterocycles. The zero-order valence-electron chi connectivity index (χ0n) is 18.1. The summed E-state index contributed by atoms with van der Waals surface area (Å²) in [7, 11) is 0. The molecule has 0 aromatic carbocycles. The quantitative estimate of drug-likeness (QED) is 0.446. The zero-order chi connectivity index (χ0) is 18.1. The SMILES string of the molecule is CCCC1CC(C)(C(C)C(C)CC)C(CCC)C(C)(C)C1(C)C. The standard InChI is InChI=1S/C23H46/c1-11-14-19-16-23(10,18(5)17(4)13-3)20(15-12-2)22(8,9)21(19,6)7/h17-20H,11-16H2,1-10H3. The summed E-state index contributed by atoms with van der Waals surface area (Å²) in [5.41, 5.74) is 1.35. The van der Waals surface area contributed by atoms with E-state index in [1.165, 1.54) is 38.5 Å². The number of rotatable bonds is 7. The Morgan fingerprint density at radius 1 is 0.826 bits per heavy atom. The van der Waals surface area contributed by atoms with Crippen LogP contribution in [0.25, 0.3) is 0 Å². The van der Waals surface area contributed by atoms with Gasteiger partial charge in [0, 0.05) is 0 Å². The third-order valence-corrected chi connectivity index (χ3v) is 8.79. The van der Waals surface area contributed by atoms with Crippen LogP contribution < -0.4 is 0 Å². The maximum atomic E-state index is 2.66. The van der Waals surface area contributed by atoms with E-state index in [2.05, 4.69) is 69.2 Å². The molecule has 1 aliphatic rings. The second-order valence-electron chi connectivity index (χ2n) is 10.2. The molecule has 0 aliphatic heterocycles. The predicted molar refractivity (Wildman–Crippen MR) is 106 cm³/mol. The molecule has 0 heteroatoms. The first-order valence-electron chi connectivity index (χ1n) is 10.5. The minimum atomic E-state index is 0.414. The number of hydrogen-bond donors (Lipinski definition) is 0. The molecule has 5 unspecified atom stereocenters. The summed E-state index contributed by atoms with van der Waals surface area (Å²) in [5.74, 6) is 3.36. The van der Waals surface area contributed by atoms with Gasteiger partial charge >= 0.3 is 0 Å². The molecule has 0 bridgehead atoms. The van der Waals surface area contributed by atoms with Crippen LogP contribution in [0.3, 0.4) is 0 Å². The predicted octanol–water partition coefficient (Wildman–Crippen LogP) is 7.96. The third kappa shape index (κ3) is 3.52. The fourth-order valence-corrected chi connectivity index (χ4v) is 6.03. The highest BCUT2D eigenvalue weighted by Crippen LogP contribution is 2.66. The van der Waals surface area contributed by atoms with Crippen molar-refractivity contribution in [3.05, 3.63) is 0 Å². The Labute approximate surface area is 148 Å². The van der Waals surface area contributed by atoms with Crippen molar-refractivity contribution in [3.8, 4) is 0 Å². The van der Waals surface area contributed by atoms with E-state index in [4.69, 9.17) is 0 Å². The normalized spacial score (nSPS) is 35.7. The van der Waals surface area contributed by atoms with E-state index in [1.807, 2.05) is 0 Å². The van der Waals surface area contributed by atoms with E-state index in [9.17, 15) is 0 Å². The van der Waals surface area contributed by atoms with Crippen molar-refractivity contribution in [2.45, 2.75) is 108 Å². The van der Waals surface area contributed by atoms with Crippen LogP contribution in [0.15, 0.2) is 0 Å². The molecular weight excluding hydrogens is 276 g/mol. The van der Waals surface area contributed by atoms with Crippen molar-refractivity contribution >= 4 is 0 Å². The Hall–Kier alpha value is 0. The van der Waals surface area contributed by atoms with Crippen LogP contribution in [0.5, 0.6) is 0 Å². The first-order chi connectivity index (χ1) is 10.5. The van der Waals surface area contributed by atoms with Crippen LogP contribution in [0.4, 0.5) is 0 Å². The average molecular weight is 323 g/mol. The molecule has 1 rings (SSSR count). The molecule has 0 spiro atoms. The summed E-state index contributed by atoms with van der Waals surface area (Å²) in [5, 5.41) is 0. The van der Waals surface area contributed by atoms with Crippen LogP contribution in [0, 0.1) is 39.9 Å². The van der Waals surface area contributed by atoms with Gasteiger partial charge in [0.05, 0.1) is 0 Å². The van der Waals surface area contributed by atoms with Gasteiger partial charge < -0.3 is 0 Å². The Bertz CT molecular complexity index is 364. The first kappa shape index (κ1) is 21.0. The van der Waals surface area contributed by atoms with E-state index in [0.29, 0.717) is 16.2 Å². The molecule has 0 N–H and O–H groups in total. The van der Waals surface area contributed by atoms with Crippen LogP contribution in [0.1, 0.15) is 108 Å². The van der Waals surface area contributed by atoms with Crippen LogP contribution in [0.2, 0.25) is 0 Å². The summed E-state index contributed by atoms with van der Waals surface area (Å²) in [6, 6.07) is 0. The summed E-state index contributed by atoms with van der Waals surface area (Å²) in [4.78, 5) is 0. The molecule has 0 amide bonds. The second-order valence-corrected chi connectivity index (χ2v) is 10.2. The van der Waals surface area contributed by atoms with Gasteiger partial charge in [-0.1, -0.05) is 94.9 Å². The van der Waals surface area contributed by atoms with Gasteiger partial charge in [0.15, 0.2) is 0 Å². The summed E-state index contributed by atoms with van der Waals surface area (Å²) >= 11 is 0. The van der Waals surface area contributed by atoms with Gasteiger partial charge in [-0.15, -0.1) is 0 Å². The fraction of sp³-hybridized carbons (Fsp3) is 1.00. The van der Waals surface area contributed by atoms with E-state index >= 15 is 0 Å². The van der Waals surface area contributed by atoms with Gasteiger partial charge in [0.25, 0.3) is 0 Å². The zero-order valence-corrected chi connectivity index (χ0v) is 18.1. The molecule has 0 nitrogen and oxygen atoms in total. The molecular formula is C23H46. The lowest BCUT2D eigenvalue weighted by molar-refractivity contribution is -0.161. The van der Waals surface area contributed by atoms with Crippen molar-refractivity contribution in [1.29, 1.82) is 0 Å². The molecule has 0 heterocycles. The summed E-state index contributed by atoms with van der Waals surface area (Å²) in [6.45, 7) is 25.2. The summed E-state index contributed by atoms with van der Waals surface area (Å²) in [6.07, 6.45) is 8.21. The van der Waals surface area contributed by atoms with Gasteiger partial charge in [0.1, 0.15) is 0 Å².